The summed E-state index contributed by atoms with van der Waals surface area (Å²) in [6.07, 6.45) is 13.7. The molecule has 3 fully saturated rings. The van der Waals surface area contributed by atoms with Gasteiger partial charge < -0.3 is 0 Å². The Kier molecular flexibility index (Phi) is 3.66. The van der Waals surface area contributed by atoms with Crippen molar-refractivity contribution in [2.75, 3.05) is 0 Å². The number of hydrogen-bond acceptors (Lipinski definition) is 1. The Balaban J connectivity index is 1.73. The average Bonchev–Trinajstić information content (AvgIpc) is 2.90. The molecule has 124 valence electrons. The number of carbonyl (C=O) groups is 1. The van der Waals surface area contributed by atoms with Crippen LogP contribution in [0.15, 0.2) is 36.5 Å². The van der Waals surface area contributed by atoms with Crippen molar-refractivity contribution in [1.29, 1.82) is 0 Å². The van der Waals surface area contributed by atoms with Crippen LogP contribution < -0.4 is 0 Å². The maximum absolute atomic E-state index is 11.9. The zero-order chi connectivity index (χ0) is 16.2. The van der Waals surface area contributed by atoms with Gasteiger partial charge in [-0.05, 0) is 86.0 Å². The molecule has 3 saturated carbocycles. The Labute approximate surface area is 140 Å². The van der Waals surface area contributed by atoms with E-state index in [0.717, 1.165) is 37.0 Å². The molecule has 0 aromatic carbocycles. The minimum atomic E-state index is 0.352. The summed E-state index contributed by atoms with van der Waals surface area (Å²) >= 11 is 0. The molecule has 0 aliphatic heterocycles. The Bertz CT molecular complexity index is 583. The summed E-state index contributed by atoms with van der Waals surface area (Å²) in [6, 6.07) is 0. The second-order valence-electron chi connectivity index (χ2n) is 8.67. The van der Waals surface area contributed by atoms with E-state index >= 15 is 0 Å². The SMILES string of the molecule is C=C[C@H]1CC2=CC(=O)CC[C@@H]2[C@H]2CC[C@]3(CC)CC(=C)C[C@H]3[C@@H]21. The smallest absolute Gasteiger partial charge is 0.155 e. The van der Waals surface area contributed by atoms with Crippen LogP contribution in [0.1, 0.15) is 58.3 Å². The Hall–Kier alpha value is -1.11. The van der Waals surface area contributed by atoms with E-state index in [1.165, 1.54) is 43.3 Å². The van der Waals surface area contributed by atoms with E-state index in [0.29, 0.717) is 23.0 Å². The summed E-state index contributed by atoms with van der Waals surface area (Å²) < 4.78 is 0. The first-order chi connectivity index (χ1) is 11.1. The molecule has 0 amide bonds. The van der Waals surface area contributed by atoms with Gasteiger partial charge in [-0.1, -0.05) is 30.7 Å². The summed E-state index contributed by atoms with van der Waals surface area (Å²) in [5.74, 6) is 3.96. The predicted octanol–water partition coefficient (Wildman–Crippen LogP) is 5.49. The first-order valence-corrected chi connectivity index (χ1v) is 9.60. The lowest BCUT2D eigenvalue weighted by Crippen LogP contribution is -2.48. The minimum Gasteiger partial charge on any atom is -0.295 e. The molecule has 0 aromatic rings. The van der Waals surface area contributed by atoms with Gasteiger partial charge in [-0.25, -0.2) is 0 Å². The maximum Gasteiger partial charge on any atom is 0.155 e. The Morgan fingerprint density at radius 1 is 1.35 bits per heavy atom. The molecular weight excluding hydrogens is 280 g/mol. The highest BCUT2D eigenvalue weighted by atomic mass is 16.1. The van der Waals surface area contributed by atoms with Crippen LogP contribution in [0.3, 0.4) is 0 Å². The molecule has 0 saturated heterocycles. The lowest BCUT2D eigenvalue weighted by atomic mass is 9.49. The summed E-state index contributed by atoms with van der Waals surface area (Å²) in [5.41, 5.74) is 3.46. The standard InChI is InChI=1S/C22H30O/c1-4-15-11-16-12-17(23)6-7-18(16)19-8-9-22(5-2)13-14(3)10-20(22)21(15)19/h4,12,15,18-21H,1,3,5-11,13H2,2H3/t15-,18-,19+,20-,21+,22+/m0/s1. The fourth-order valence-corrected chi connectivity index (χ4v) is 6.86. The van der Waals surface area contributed by atoms with Gasteiger partial charge in [0, 0.05) is 6.42 Å². The van der Waals surface area contributed by atoms with Crippen LogP contribution in [0.5, 0.6) is 0 Å². The molecule has 0 bridgehead atoms. The Morgan fingerprint density at radius 3 is 2.91 bits per heavy atom. The molecule has 0 unspecified atom stereocenters. The molecule has 0 N–H and O–H groups in total. The molecule has 4 rings (SSSR count). The van der Waals surface area contributed by atoms with E-state index in [-0.39, 0.29) is 0 Å². The third-order valence-corrected chi connectivity index (χ3v) is 7.85. The van der Waals surface area contributed by atoms with Crippen LogP contribution in [0, 0.1) is 35.0 Å². The van der Waals surface area contributed by atoms with Crippen LogP contribution in [0.25, 0.3) is 0 Å². The van der Waals surface area contributed by atoms with E-state index in [1.54, 1.807) is 0 Å². The number of ketones is 1. The number of carbonyl (C=O) groups excluding carboxylic acids is 1. The average molecular weight is 310 g/mol. The molecular formula is C22H30O. The van der Waals surface area contributed by atoms with Crippen molar-refractivity contribution in [2.45, 2.75) is 58.3 Å². The number of allylic oxidation sites excluding steroid dienone is 3. The van der Waals surface area contributed by atoms with E-state index in [2.05, 4.69) is 26.2 Å². The number of hydrogen-bond donors (Lipinski definition) is 0. The predicted molar refractivity (Wildman–Crippen MR) is 94.9 cm³/mol. The van der Waals surface area contributed by atoms with Gasteiger partial charge in [0.05, 0.1) is 0 Å². The normalized spacial score (nSPS) is 45.8. The molecule has 4 aliphatic carbocycles. The third kappa shape index (κ3) is 2.22. The third-order valence-electron chi connectivity index (χ3n) is 7.85. The van der Waals surface area contributed by atoms with Gasteiger partial charge in [0.1, 0.15) is 0 Å². The number of rotatable bonds is 2. The van der Waals surface area contributed by atoms with Gasteiger partial charge >= 0.3 is 0 Å². The van der Waals surface area contributed by atoms with Crippen LogP contribution in [-0.2, 0) is 4.79 Å². The van der Waals surface area contributed by atoms with Crippen molar-refractivity contribution in [3.63, 3.8) is 0 Å². The molecule has 1 nitrogen and oxygen atoms in total. The highest BCUT2D eigenvalue weighted by Crippen LogP contribution is 2.65. The molecule has 1 heteroatoms. The van der Waals surface area contributed by atoms with Crippen molar-refractivity contribution in [3.05, 3.63) is 36.5 Å². The maximum atomic E-state index is 11.9. The van der Waals surface area contributed by atoms with Gasteiger partial charge in [-0.3, -0.25) is 4.79 Å². The minimum absolute atomic E-state index is 0.352. The van der Waals surface area contributed by atoms with Crippen LogP contribution >= 0.6 is 0 Å². The molecule has 0 spiro atoms. The van der Waals surface area contributed by atoms with E-state index in [1.807, 2.05) is 6.08 Å². The van der Waals surface area contributed by atoms with Gasteiger partial charge in [-0.15, -0.1) is 6.58 Å². The summed E-state index contributed by atoms with van der Waals surface area (Å²) in [7, 11) is 0. The fraction of sp³-hybridized carbons (Fsp3) is 0.682. The zero-order valence-electron chi connectivity index (χ0n) is 14.5. The summed E-state index contributed by atoms with van der Waals surface area (Å²) in [5, 5.41) is 0. The molecule has 4 aliphatic rings. The Morgan fingerprint density at radius 2 is 2.17 bits per heavy atom. The van der Waals surface area contributed by atoms with E-state index < -0.39 is 0 Å². The highest BCUT2D eigenvalue weighted by molar-refractivity contribution is 5.91. The molecule has 0 radical (unpaired) electrons. The lowest BCUT2D eigenvalue weighted by Gasteiger charge is -2.56. The van der Waals surface area contributed by atoms with Crippen LogP contribution in [0.2, 0.25) is 0 Å². The van der Waals surface area contributed by atoms with Crippen molar-refractivity contribution < 1.29 is 4.79 Å². The highest BCUT2D eigenvalue weighted by Gasteiger charge is 2.56. The first kappa shape index (κ1) is 15.4. The summed E-state index contributed by atoms with van der Waals surface area (Å²) in [4.78, 5) is 11.9. The van der Waals surface area contributed by atoms with Crippen LogP contribution in [0.4, 0.5) is 0 Å². The van der Waals surface area contributed by atoms with E-state index in [9.17, 15) is 4.79 Å². The topological polar surface area (TPSA) is 17.1 Å². The first-order valence-electron chi connectivity index (χ1n) is 9.60. The number of fused-ring (bicyclic) bond motifs is 5. The monoisotopic (exact) mass is 310 g/mol. The van der Waals surface area contributed by atoms with Gasteiger partial charge in [0.2, 0.25) is 0 Å². The van der Waals surface area contributed by atoms with Crippen LogP contribution in [-0.4, -0.2) is 5.78 Å². The largest absolute Gasteiger partial charge is 0.295 e. The fourth-order valence-electron chi connectivity index (χ4n) is 6.86. The van der Waals surface area contributed by atoms with Crippen molar-refractivity contribution in [1.82, 2.24) is 0 Å². The van der Waals surface area contributed by atoms with Crippen molar-refractivity contribution in [3.8, 4) is 0 Å². The second kappa shape index (κ2) is 5.46. The molecule has 23 heavy (non-hydrogen) atoms. The van der Waals surface area contributed by atoms with Gasteiger partial charge in [0.25, 0.3) is 0 Å². The van der Waals surface area contributed by atoms with E-state index in [4.69, 9.17) is 0 Å². The lowest BCUT2D eigenvalue weighted by molar-refractivity contribution is -0.116. The quantitative estimate of drug-likeness (QED) is 0.617. The van der Waals surface area contributed by atoms with Gasteiger partial charge in [-0.2, -0.15) is 0 Å². The molecule has 0 heterocycles. The summed E-state index contributed by atoms with van der Waals surface area (Å²) in [6.45, 7) is 10.9. The van der Waals surface area contributed by atoms with Crippen molar-refractivity contribution in [2.24, 2.45) is 35.0 Å². The van der Waals surface area contributed by atoms with Crippen molar-refractivity contribution >= 4 is 5.78 Å². The second-order valence-corrected chi connectivity index (χ2v) is 8.67. The molecule has 0 aromatic heterocycles. The van der Waals surface area contributed by atoms with Gasteiger partial charge in [0.15, 0.2) is 5.78 Å². The molecule has 6 atom stereocenters. The zero-order valence-corrected chi connectivity index (χ0v) is 14.5.